The van der Waals surface area contributed by atoms with Gasteiger partial charge in [-0.1, -0.05) is 0 Å². The van der Waals surface area contributed by atoms with E-state index in [2.05, 4.69) is 0 Å². The molecule has 1 saturated heterocycles. The highest BCUT2D eigenvalue weighted by Gasteiger charge is 2.30. The molecule has 2 atom stereocenters. The topological polar surface area (TPSA) is 89.5 Å². The van der Waals surface area contributed by atoms with Crippen molar-refractivity contribution in [1.82, 2.24) is 4.90 Å². The lowest BCUT2D eigenvalue weighted by Gasteiger charge is -2.36. The van der Waals surface area contributed by atoms with Crippen LogP contribution in [0.3, 0.4) is 0 Å². The van der Waals surface area contributed by atoms with Crippen molar-refractivity contribution in [1.29, 1.82) is 0 Å². The maximum Gasteiger partial charge on any atom is 0.270 e. The first-order chi connectivity index (χ1) is 9.81. The van der Waals surface area contributed by atoms with Crippen LogP contribution in [0.5, 0.6) is 0 Å². The molecule has 0 aliphatic carbocycles. The van der Waals surface area contributed by atoms with Crippen molar-refractivity contribution < 1.29 is 14.1 Å². The Morgan fingerprint density at radius 2 is 2.19 bits per heavy atom. The van der Waals surface area contributed by atoms with Gasteiger partial charge in [0.15, 0.2) is 0 Å². The number of hydrogen-bond acceptors (Lipinski definition) is 4. The highest BCUT2D eigenvalue weighted by molar-refractivity contribution is 5.95. The zero-order valence-electron chi connectivity index (χ0n) is 12.0. The molecule has 1 aliphatic heterocycles. The molecule has 1 aromatic carbocycles. The predicted molar refractivity (Wildman–Crippen MR) is 75.5 cm³/mol. The van der Waals surface area contributed by atoms with Crippen LogP contribution in [0.25, 0.3) is 0 Å². The average Bonchev–Trinajstić information content (AvgIpc) is 2.40. The summed E-state index contributed by atoms with van der Waals surface area (Å²) in [7, 11) is 0. The first-order valence-electron chi connectivity index (χ1n) is 6.82. The molecule has 0 bridgehead atoms. The summed E-state index contributed by atoms with van der Waals surface area (Å²) in [6, 6.07) is 2.05. The molecule has 1 aliphatic rings. The molecule has 2 rings (SSSR count). The van der Waals surface area contributed by atoms with Crippen LogP contribution in [-0.2, 0) is 0 Å². The number of carbonyl (C=O) groups is 1. The van der Waals surface area contributed by atoms with Gasteiger partial charge < -0.3 is 10.6 Å². The quantitative estimate of drug-likeness (QED) is 0.667. The van der Waals surface area contributed by atoms with Gasteiger partial charge in [0.1, 0.15) is 5.82 Å². The molecule has 0 saturated carbocycles. The number of hydrogen-bond donors (Lipinski definition) is 1. The van der Waals surface area contributed by atoms with Gasteiger partial charge in [-0.3, -0.25) is 14.9 Å². The zero-order chi connectivity index (χ0) is 15.7. The Bertz CT molecular complexity index is 591. The highest BCUT2D eigenvalue weighted by Crippen LogP contribution is 2.25. The Hall–Kier alpha value is -2.02. The lowest BCUT2D eigenvalue weighted by Crippen LogP contribution is -2.48. The standard InChI is InChI=1S/C14H18FN3O3/c1-8-5-11(18(20)21)7-12(13(8)15)14(19)17-4-3-10(16)6-9(17)2/h5,7,9-10H,3-4,6,16H2,1-2H3. The summed E-state index contributed by atoms with van der Waals surface area (Å²) >= 11 is 0. The normalized spacial score (nSPS) is 22.2. The number of aryl methyl sites for hydroxylation is 1. The Kier molecular flexibility index (Phi) is 4.22. The van der Waals surface area contributed by atoms with Crippen molar-refractivity contribution in [2.24, 2.45) is 5.73 Å². The number of piperidine rings is 1. The minimum atomic E-state index is -0.701. The molecule has 0 aromatic heterocycles. The number of nitro groups is 1. The second-order valence-corrected chi connectivity index (χ2v) is 5.51. The molecule has 2 unspecified atom stereocenters. The van der Waals surface area contributed by atoms with Crippen LogP contribution in [0.2, 0.25) is 0 Å². The molecule has 114 valence electrons. The summed E-state index contributed by atoms with van der Waals surface area (Å²) < 4.78 is 14.2. The van der Waals surface area contributed by atoms with Crippen molar-refractivity contribution in [2.75, 3.05) is 6.54 Å². The number of nitrogens with two attached hydrogens (primary N) is 1. The smallest absolute Gasteiger partial charge is 0.270 e. The summed E-state index contributed by atoms with van der Waals surface area (Å²) in [5.41, 5.74) is 5.41. The van der Waals surface area contributed by atoms with Crippen molar-refractivity contribution >= 4 is 11.6 Å². The predicted octanol–water partition coefficient (Wildman–Crippen LogP) is 1.99. The van der Waals surface area contributed by atoms with Gasteiger partial charge in [-0.25, -0.2) is 4.39 Å². The minimum Gasteiger partial charge on any atom is -0.336 e. The van der Waals surface area contributed by atoms with Gasteiger partial charge in [0.25, 0.3) is 11.6 Å². The van der Waals surface area contributed by atoms with E-state index in [0.717, 1.165) is 12.1 Å². The average molecular weight is 295 g/mol. The third-order valence-electron chi connectivity index (χ3n) is 3.86. The largest absolute Gasteiger partial charge is 0.336 e. The monoisotopic (exact) mass is 295 g/mol. The SMILES string of the molecule is Cc1cc([N+](=O)[O-])cc(C(=O)N2CCC(N)CC2C)c1F. The van der Waals surface area contributed by atoms with Crippen LogP contribution in [0.4, 0.5) is 10.1 Å². The summed E-state index contributed by atoms with van der Waals surface area (Å²) in [6.45, 7) is 3.69. The lowest BCUT2D eigenvalue weighted by atomic mass is 9.97. The first kappa shape index (κ1) is 15.4. The molecular weight excluding hydrogens is 277 g/mol. The minimum absolute atomic E-state index is 0.0285. The summed E-state index contributed by atoms with van der Waals surface area (Å²) in [4.78, 5) is 24.3. The van der Waals surface area contributed by atoms with Gasteiger partial charge in [0, 0.05) is 30.8 Å². The molecule has 1 fully saturated rings. The van der Waals surface area contributed by atoms with Gasteiger partial charge in [0.2, 0.25) is 0 Å². The van der Waals surface area contributed by atoms with E-state index < -0.39 is 16.6 Å². The molecule has 21 heavy (non-hydrogen) atoms. The van der Waals surface area contributed by atoms with Gasteiger partial charge >= 0.3 is 0 Å². The van der Waals surface area contributed by atoms with Crippen LogP contribution in [-0.4, -0.2) is 34.4 Å². The molecule has 1 heterocycles. The number of carbonyl (C=O) groups excluding carboxylic acids is 1. The van der Waals surface area contributed by atoms with E-state index in [0.29, 0.717) is 19.4 Å². The fourth-order valence-corrected chi connectivity index (χ4v) is 2.68. The Morgan fingerprint density at radius 3 is 2.76 bits per heavy atom. The Balaban J connectivity index is 2.37. The molecule has 1 amide bonds. The van der Waals surface area contributed by atoms with Crippen molar-refractivity contribution in [3.8, 4) is 0 Å². The number of amides is 1. The number of non-ortho nitro benzene ring substituents is 1. The fourth-order valence-electron chi connectivity index (χ4n) is 2.68. The van der Waals surface area contributed by atoms with Crippen molar-refractivity contribution in [2.45, 2.75) is 38.8 Å². The maximum absolute atomic E-state index is 14.2. The number of nitro benzene ring substituents is 1. The Morgan fingerprint density at radius 1 is 1.52 bits per heavy atom. The maximum atomic E-state index is 14.2. The van der Waals surface area contributed by atoms with Crippen LogP contribution in [0.1, 0.15) is 35.7 Å². The number of benzene rings is 1. The van der Waals surface area contributed by atoms with Gasteiger partial charge in [0.05, 0.1) is 10.5 Å². The van der Waals surface area contributed by atoms with Crippen molar-refractivity contribution in [3.05, 3.63) is 39.2 Å². The highest BCUT2D eigenvalue weighted by atomic mass is 19.1. The first-order valence-corrected chi connectivity index (χ1v) is 6.82. The van der Waals surface area contributed by atoms with Crippen LogP contribution in [0, 0.1) is 22.9 Å². The van der Waals surface area contributed by atoms with E-state index in [1.54, 1.807) is 0 Å². The van der Waals surface area contributed by atoms with E-state index in [-0.39, 0.29) is 28.9 Å². The third-order valence-corrected chi connectivity index (χ3v) is 3.86. The fraction of sp³-hybridized carbons (Fsp3) is 0.500. The summed E-state index contributed by atoms with van der Waals surface area (Å²) in [5.74, 6) is -1.22. The van der Waals surface area contributed by atoms with E-state index in [1.165, 1.54) is 11.8 Å². The Labute approximate surface area is 121 Å². The van der Waals surface area contributed by atoms with Crippen LogP contribution >= 0.6 is 0 Å². The number of nitrogens with zero attached hydrogens (tertiary/aromatic N) is 2. The van der Waals surface area contributed by atoms with E-state index in [1.807, 2.05) is 6.92 Å². The van der Waals surface area contributed by atoms with Gasteiger partial charge in [-0.05, 0) is 32.3 Å². The molecular formula is C14H18FN3O3. The van der Waals surface area contributed by atoms with E-state index >= 15 is 0 Å². The molecule has 0 radical (unpaired) electrons. The number of halogens is 1. The summed E-state index contributed by atoms with van der Waals surface area (Å²) in [5, 5.41) is 10.9. The third kappa shape index (κ3) is 3.02. The second kappa shape index (κ2) is 5.77. The van der Waals surface area contributed by atoms with E-state index in [4.69, 9.17) is 5.73 Å². The lowest BCUT2D eigenvalue weighted by molar-refractivity contribution is -0.385. The van der Waals surface area contributed by atoms with Gasteiger partial charge in [-0.15, -0.1) is 0 Å². The van der Waals surface area contributed by atoms with Crippen molar-refractivity contribution in [3.63, 3.8) is 0 Å². The molecule has 0 spiro atoms. The number of rotatable bonds is 2. The summed E-state index contributed by atoms with van der Waals surface area (Å²) in [6.07, 6.45) is 1.28. The van der Waals surface area contributed by atoms with Crippen LogP contribution in [0.15, 0.2) is 12.1 Å². The second-order valence-electron chi connectivity index (χ2n) is 5.51. The zero-order valence-corrected chi connectivity index (χ0v) is 12.0. The molecule has 1 aromatic rings. The molecule has 6 nitrogen and oxygen atoms in total. The van der Waals surface area contributed by atoms with E-state index in [9.17, 15) is 19.3 Å². The molecule has 2 N–H and O–H groups in total. The van der Waals surface area contributed by atoms with Gasteiger partial charge in [-0.2, -0.15) is 0 Å². The number of likely N-dealkylation sites (tertiary alicyclic amines) is 1. The van der Waals surface area contributed by atoms with Crippen LogP contribution < -0.4 is 5.73 Å². The molecule has 7 heteroatoms.